The van der Waals surface area contributed by atoms with Gasteiger partial charge in [0.15, 0.2) is 11.6 Å². The number of hydrogen-bond donors (Lipinski definition) is 2. The lowest BCUT2D eigenvalue weighted by atomic mass is 10.2. The lowest BCUT2D eigenvalue weighted by molar-refractivity contribution is -0.383. The Morgan fingerprint density at radius 2 is 1.69 bits per heavy atom. The first kappa shape index (κ1) is 19.7. The number of halogens is 2. The van der Waals surface area contributed by atoms with Crippen LogP contribution in [0.5, 0.6) is 11.5 Å². The van der Waals surface area contributed by atoms with Crippen LogP contribution in [0.2, 0.25) is 0 Å². The summed E-state index contributed by atoms with van der Waals surface area (Å²) in [6.45, 7) is 0. The zero-order valence-corrected chi connectivity index (χ0v) is 15.3. The van der Waals surface area contributed by atoms with E-state index in [2.05, 4.69) is 20.6 Å². The third-order valence-corrected chi connectivity index (χ3v) is 3.85. The molecule has 0 amide bonds. The van der Waals surface area contributed by atoms with Gasteiger partial charge in [0.05, 0.1) is 24.8 Å². The SMILES string of the molecule is COc1ccc(OC)c(Nc2ncnc(Nc3ccc(F)c(F)c3)c2[N+](=O)[O-])c1. The molecule has 1 heterocycles. The number of methoxy groups -OCH3 is 2. The van der Waals surface area contributed by atoms with Crippen LogP contribution in [0.4, 0.5) is 37.5 Å². The number of rotatable bonds is 7. The fraction of sp³-hybridized carbons (Fsp3) is 0.111. The Labute approximate surface area is 163 Å². The average molecular weight is 403 g/mol. The zero-order valence-electron chi connectivity index (χ0n) is 15.3. The molecule has 2 N–H and O–H groups in total. The molecule has 0 bridgehead atoms. The molecule has 150 valence electrons. The van der Waals surface area contributed by atoms with Crippen molar-refractivity contribution in [3.8, 4) is 11.5 Å². The second-order valence-corrected chi connectivity index (χ2v) is 5.62. The number of hydrogen-bond acceptors (Lipinski definition) is 8. The smallest absolute Gasteiger partial charge is 0.353 e. The van der Waals surface area contributed by atoms with Gasteiger partial charge in [-0.25, -0.2) is 18.7 Å². The molecule has 0 spiro atoms. The van der Waals surface area contributed by atoms with Crippen molar-refractivity contribution in [2.75, 3.05) is 24.9 Å². The molecule has 0 unspecified atom stereocenters. The third-order valence-electron chi connectivity index (χ3n) is 3.85. The van der Waals surface area contributed by atoms with Crippen LogP contribution < -0.4 is 20.1 Å². The molecular weight excluding hydrogens is 388 g/mol. The predicted octanol–water partition coefficient (Wildman–Crippen LogP) is 4.17. The van der Waals surface area contributed by atoms with E-state index in [1.165, 1.54) is 20.3 Å². The average Bonchev–Trinajstić information content (AvgIpc) is 2.70. The van der Waals surface area contributed by atoms with Gasteiger partial charge in [-0.1, -0.05) is 0 Å². The molecule has 0 aliphatic heterocycles. The van der Waals surface area contributed by atoms with Gasteiger partial charge < -0.3 is 20.1 Å². The van der Waals surface area contributed by atoms with Gasteiger partial charge in [0.1, 0.15) is 17.8 Å². The molecule has 11 heteroatoms. The molecule has 3 rings (SSSR count). The van der Waals surface area contributed by atoms with E-state index in [1.807, 2.05) is 0 Å². The van der Waals surface area contributed by atoms with Crippen LogP contribution in [0.1, 0.15) is 0 Å². The maximum absolute atomic E-state index is 13.4. The molecule has 2 aromatic carbocycles. The molecular formula is C18H15F2N5O4. The molecule has 1 aromatic heterocycles. The number of nitrogens with one attached hydrogen (secondary N) is 2. The van der Waals surface area contributed by atoms with Crippen molar-refractivity contribution in [3.05, 3.63) is 64.5 Å². The number of benzene rings is 2. The highest BCUT2D eigenvalue weighted by Gasteiger charge is 2.24. The molecule has 3 aromatic rings. The summed E-state index contributed by atoms with van der Waals surface area (Å²) in [7, 11) is 2.92. The quantitative estimate of drug-likeness (QED) is 0.447. The fourth-order valence-electron chi connectivity index (χ4n) is 2.48. The van der Waals surface area contributed by atoms with Crippen LogP contribution in [0, 0.1) is 21.7 Å². The number of nitrogens with zero attached hydrogens (tertiary/aromatic N) is 3. The summed E-state index contributed by atoms with van der Waals surface area (Å²) in [5.74, 6) is -1.60. The van der Waals surface area contributed by atoms with E-state index in [1.54, 1.807) is 18.2 Å². The Morgan fingerprint density at radius 3 is 2.31 bits per heavy atom. The molecule has 0 fully saturated rings. The van der Waals surface area contributed by atoms with Crippen molar-refractivity contribution in [2.45, 2.75) is 0 Å². The van der Waals surface area contributed by atoms with Gasteiger partial charge >= 0.3 is 5.69 Å². The fourth-order valence-corrected chi connectivity index (χ4v) is 2.48. The first-order valence-electron chi connectivity index (χ1n) is 8.13. The second-order valence-electron chi connectivity index (χ2n) is 5.62. The minimum atomic E-state index is -1.11. The van der Waals surface area contributed by atoms with E-state index >= 15 is 0 Å². The van der Waals surface area contributed by atoms with Gasteiger partial charge in [-0.15, -0.1) is 0 Å². The van der Waals surface area contributed by atoms with E-state index in [0.29, 0.717) is 17.2 Å². The van der Waals surface area contributed by atoms with Crippen molar-refractivity contribution < 1.29 is 23.2 Å². The van der Waals surface area contributed by atoms with Crippen LogP contribution in [-0.2, 0) is 0 Å². The molecule has 29 heavy (non-hydrogen) atoms. The van der Waals surface area contributed by atoms with Gasteiger partial charge in [0, 0.05) is 17.8 Å². The molecule has 0 aliphatic rings. The number of aromatic nitrogens is 2. The lowest BCUT2D eigenvalue weighted by Gasteiger charge is -2.13. The van der Waals surface area contributed by atoms with Crippen molar-refractivity contribution in [3.63, 3.8) is 0 Å². The maximum atomic E-state index is 13.4. The number of ether oxygens (including phenoxy) is 2. The van der Waals surface area contributed by atoms with Gasteiger partial charge in [0.2, 0.25) is 11.6 Å². The highest BCUT2D eigenvalue weighted by atomic mass is 19.2. The summed E-state index contributed by atoms with van der Waals surface area (Å²) >= 11 is 0. The Morgan fingerprint density at radius 1 is 0.966 bits per heavy atom. The van der Waals surface area contributed by atoms with E-state index in [9.17, 15) is 18.9 Å². The Hall–Kier alpha value is -4.02. The van der Waals surface area contributed by atoms with Crippen molar-refractivity contribution in [2.24, 2.45) is 0 Å². The molecule has 0 saturated carbocycles. The molecule has 0 aliphatic carbocycles. The summed E-state index contributed by atoms with van der Waals surface area (Å²) in [6, 6.07) is 7.84. The molecule has 0 atom stereocenters. The van der Waals surface area contributed by atoms with Gasteiger partial charge in [-0.2, -0.15) is 0 Å². The highest BCUT2D eigenvalue weighted by Crippen LogP contribution is 2.37. The number of anilines is 4. The van der Waals surface area contributed by atoms with Gasteiger partial charge in [0.25, 0.3) is 0 Å². The van der Waals surface area contributed by atoms with Crippen LogP contribution >= 0.6 is 0 Å². The summed E-state index contributed by atoms with van der Waals surface area (Å²) in [6.07, 6.45) is 1.09. The standard InChI is InChI=1S/C18H15F2N5O4/c1-28-11-4-6-15(29-2)14(8-11)24-18-16(25(26)27)17(21-9-22-18)23-10-3-5-12(19)13(20)7-10/h3-9H,1-2H3,(H2,21,22,23,24). The topological polar surface area (TPSA) is 111 Å². The lowest BCUT2D eigenvalue weighted by Crippen LogP contribution is -2.06. The Kier molecular flexibility index (Phi) is 5.67. The predicted molar refractivity (Wildman–Crippen MR) is 101 cm³/mol. The minimum absolute atomic E-state index is 0.0793. The van der Waals surface area contributed by atoms with Gasteiger partial charge in [-0.05, 0) is 24.3 Å². The third kappa shape index (κ3) is 4.29. The first-order chi connectivity index (χ1) is 13.9. The summed E-state index contributed by atoms with van der Waals surface area (Å²) in [5.41, 5.74) is -0.0508. The summed E-state index contributed by atoms with van der Waals surface area (Å²) < 4.78 is 37.0. The van der Waals surface area contributed by atoms with Crippen LogP contribution in [0.25, 0.3) is 0 Å². The normalized spacial score (nSPS) is 10.3. The Bertz CT molecular complexity index is 1060. The van der Waals surface area contributed by atoms with Gasteiger partial charge in [-0.3, -0.25) is 10.1 Å². The zero-order chi connectivity index (χ0) is 21.0. The summed E-state index contributed by atoms with van der Waals surface area (Å²) in [5, 5.41) is 17.1. The van der Waals surface area contributed by atoms with Crippen LogP contribution in [-0.4, -0.2) is 29.1 Å². The monoisotopic (exact) mass is 403 g/mol. The molecule has 9 nitrogen and oxygen atoms in total. The molecule has 0 saturated heterocycles. The van der Waals surface area contributed by atoms with Crippen molar-refractivity contribution in [1.82, 2.24) is 9.97 Å². The largest absolute Gasteiger partial charge is 0.497 e. The van der Waals surface area contributed by atoms with Crippen LogP contribution in [0.15, 0.2) is 42.7 Å². The van der Waals surface area contributed by atoms with Crippen LogP contribution in [0.3, 0.4) is 0 Å². The van der Waals surface area contributed by atoms with E-state index in [-0.39, 0.29) is 17.3 Å². The van der Waals surface area contributed by atoms with E-state index in [0.717, 1.165) is 18.5 Å². The second kappa shape index (κ2) is 8.33. The number of nitro groups is 1. The van der Waals surface area contributed by atoms with E-state index < -0.39 is 22.2 Å². The Balaban J connectivity index is 2.01. The maximum Gasteiger partial charge on any atom is 0.353 e. The first-order valence-corrected chi connectivity index (χ1v) is 8.13. The van der Waals surface area contributed by atoms with Crippen molar-refractivity contribution in [1.29, 1.82) is 0 Å². The molecule has 0 radical (unpaired) electrons. The summed E-state index contributed by atoms with van der Waals surface area (Å²) in [4.78, 5) is 18.8. The van der Waals surface area contributed by atoms with E-state index in [4.69, 9.17) is 9.47 Å². The highest BCUT2D eigenvalue weighted by molar-refractivity contribution is 5.78. The van der Waals surface area contributed by atoms with Crippen molar-refractivity contribution >= 4 is 28.7 Å². The minimum Gasteiger partial charge on any atom is -0.497 e.